The van der Waals surface area contributed by atoms with Crippen LogP contribution >= 0.6 is 0 Å². The summed E-state index contributed by atoms with van der Waals surface area (Å²) in [7, 11) is 0. The minimum absolute atomic E-state index is 0.361. The molecule has 0 N–H and O–H groups in total. The Hall–Kier alpha value is -6.70. The maximum absolute atomic E-state index is 2.49. The first-order chi connectivity index (χ1) is 25.8. The van der Waals surface area contributed by atoms with Crippen LogP contribution in [0.1, 0.15) is 22.3 Å². The van der Waals surface area contributed by atoms with Gasteiger partial charge in [0.1, 0.15) is 0 Å². The van der Waals surface area contributed by atoms with Crippen LogP contribution in [0.25, 0.3) is 54.9 Å². The lowest BCUT2D eigenvalue weighted by Gasteiger charge is -2.30. The highest BCUT2D eigenvalue weighted by Crippen LogP contribution is 2.63. The Labute approximate surface area is 303 Å². The Kier molecular flexibility index (Phi) is 6.23. The van der Waals surface area contributed by atoms with Crippen LogP contribution in [0.15, 0.2) is 200 Å². The molecule has 1 nitrogen and oxygen atoms in total. The Morgan fingerprint density at radius 2 is 0.827 bits per heavy atom. The van der Waals surface area contributed by atoms with E-state index in [-0.39, 0.29) is 5.41 Å². The maximum Gasteiger partial charge on any atom is 0.0725 e. The summed E-state index contributed by atoms with van der Waals surface area (Å²) in [6.45, 7) is 0. The number of hydrogen-bond acceptors (Lipinski definition) is 1. The van der Waals surface area contributed by atoms with Gasteiger partial charge < -0.3 is 4.90 Å². The Balaban J connectivity index is 1.09. The van der Waals surface area contributed by atoms with Gasteiger partial charge in [-0.05, 0) is 126 Å². The molecule has 11 rings (SSSR count). The van der Waals surface area contributed by atoms with E-state index in [0.717, 1.165) is 17.1 Å². The first kappa shape index (κ1) is 29.1. The zero-order chi connectivity index (χ0) is 34.2. The van der Waals surface area contributed by atoms with Crippen LogP contribution < -0.4 is 4.90 Å². The van der Waals surface area contributed by atoms with Gasteiger partial charge in [0.15, 0.2) is 0 Å². The minimum Gasteiger partial charge on any atom is -0.310 e. The molecule has 9 aromatic carbocycles. The van der Waals surface area contributed by atoms with E-state index >= 15 is 0 Å². The molecule has 0 saturated heterocycles. The summed E-state index contributed by atoms with van der Waals surface area (Å²) in [5.74, 6) is 0. The summed E-state index contributed by atoms with van der Waals surface area (Å²) in [6, 6.07) is 73.9. The molecule has 2 aliphatic carbocycles. The van der Waals surface area contributed by atoms with Crippen molar-refractivity contribution in [2.24, 2.45) is 0 Å². The number of para-hydroxylation sites is 1. The lowest BCUT2D eigenvalue weighted by molar-refractivity contribution is 0.795. The van der Waals surface area contributed by atoms with Gasteiger partial charge in [-0.1, -0.05) is 152 Å². The average Bonchev–Trinajstić information content (AvgIpc) is 3.67. The van der Waals surface area contributed by atoms with Crippen molar-refractivity contribution in [1.29, 1.82) is 0 Å². The van der Waals surface area contributed by atoms with E-state index < -0.39 is 0 Å². The first-order valence-corrected chi connectivity index (χ1v) is 18.1. The van der Waals surface area contributed by atoms with Gasteiger partial charge in [-0.15, -0.1) is 0 Å². The summed E-state index contributed by atoms with van der Waals surface area (Å²) >= 11 is 0. The summed E-state index contributed by atoms with van der Waals surface area (Å²) in [5, 5.41) is 5.01. The van der Waals surface area contributed by atoms with Crippen LogP contribution in [-0.2, 0) is 5.41 Å². The molecular formula is C51H33N. The van der Waals surface area contributed by atoms with Crippen molar-refractivity contribution in [2.75, 3.05) is 4.90 Å². The molecule has 1 heteroatoms. The highest BCUT2D eigenvalue weighted by molar-refractivity contribution is 6.01. The van der Waals surface area contributed by atoms with Crippen LogP contribution in [0.3, 0.4) is 0 Å². The van der Waals surface area contributed by atoms with E-state index in [9.17, 15) is 0 Å². The third-order valence-corrected chi connectivity index (χ3v) is 11.4. The SMILES string of the molecule is c1ccc(N(c2ccc(-c3cccc4ccccc34)cc2)c2ccc3cc4c(cc3c2)C2(c3ccccc3-c3ccccc32)c2ccccc2-4)cc1. The van der Waals surface area contributed by atoms with Crippen LogP contribution in [-0.4, -0.2) is 0 Å². The molecule has 0 radical (unpaired) electrons. The molecule has 0 atom stereocenters. The second-order valence-corrected chi connectivity index (χ2v) is 14.1. The molecule has 0 fully saturated rings. The molecule has 1 spiro atoms. The molecule has 52 heavy (non-hydrogen) atoms. The number of benzene rings is 9. The number of hydrogen-bond donors (Lipinski definition) is 0. The van der Waals surface area contributed by atoms with Gasteiger partial charge in [0.2, 0.25) is 0 Å². The van der Waals surface area contributed by atoms with Crippen molar-refractivity contribution in [2.45, 2.75) is 5.41 Å². The van der Waals surface area contributed by atoms with Crippen LogP contribution in [0.5, 0.6) is 0 Å². The standard InChI is InChI=1S/C51H33N/c1-2-15-38(16-3-1)52(39-28-25-35(26-29-39)42-21-12-14-34-13-4-5-17-41(34)42)40-30-27-36-32-46-45-20-8-11-24-49(45)51(50(46)33-37(36)31-40)47-22-9-6-18-43(47)44-19-7-10-23-48(44)51/h1-33H. The fraction of sp³-hybridized carbons (Fsp3) is 0.0196. The van der Waals surface area contributed by atoms with E-state index in [1.165, 1.54) is 77.2 Å². The summed E-state index contributed by atoms with van der Waals surface area (Å²) in [5.41, 5.74) is 16.3. The van der Waals surface area contributed by atoms with Gasteiger partial charge in [0.05, 0.1) is 5.41 Å². The number of fused-ring (bicyclic) bond motifs is 12. The van der Waals surface area contributed by atoms with Crippen LogP contribution in [0.2, 0.25) is 0 Å². The third-order valence-electron chi connectivity index (χ3n) is 11.4. The topological polar surface area (TPSA) is 3.24 Å². The normalized spacial score (nSPS) is 13.2. The van der Waals surface area contributed by atoms with Gasteiger partial charge in [-0.2, -0.15) is 0 Å². The lowest BCUT2D eigenvalue weighted by atomic mass is 9.70. The van der Waals surface area contributed by atoms with E-state index in [1.54, 1.807) is 0 Å². The molecule has 2 aliphatic rings. The highest BCUT2D eigenvalue weighted by Gasteiger charge is 2.51. The smallest absolute Gasteiger partial charge is 0.0725 e. The summed E-state index contributed by atoms with van der Waals surface area (Å²) in [4.78, 5) is 2.38. The highest BCUT2D eigenvalue weighted by atomic mass is 15.1. The predicted octanol–water partition coefficient (Wildman–Crippen LogP) is 13.5. The molecule has 0 unspecified atom stereocenters. The fourth-order valence-corrected chi connectivity index (χ4v) is 9.25. The van der Waals surface area contributed by atoms with Crippen molar-refractivity contribution in [1.82, 2.24) is 0 Å². The average molecular weight is 660 g/mol. The molecule has 0 saturated carbocycles. The molecule has 0 heterocycles. The van der Waals surface area contributed by atoms with Crippen molar-refractivity contribution in [3.05, 3.63) is 222 Å². The predicted molar refractivity (Wildman–Crippen MR) is 218 cm³/mol. The van der Waals surface area contributed by atoms with Crippen LogP contribution in [0.4, 0.5) is 17.1 Å². The number of rotatable bonds is 4. The third kappa shape index (κ3) is 4.05. The fourth-order valence-electron chi connectivity index (χ4n) is 9.25. The molecule has 0 bridgehead atoms. The van der Waals surface area contributed by atoms with Gasteiger partial charge in [0.25, 0.3) is 0 Å². The van der Waals surface area contributed by atoms with E-state index in [4.69, 9.17) is 0 Å². The quantitative estimate of drug-likeness (QED) is 0.182. The summed E-state index contributed by atoms with van der Waals surface area (Å²) < 4.78 is 0. The largest absolute Gasteiger partial charge is 0.310 e. The second-order valence-electron chi connectivity index (χ2n) is 14.1. The van der Waals surface area contributed by atoms with Crippen LogP contribution in [0, 0.1) is 0 Å². The van der Waals surface area contributed by atoms with Gasteiger partial charge in [-0.25, -0.2) is 0 Å². The summed E-state index contributed by atoms with van der Waals surface area (Å²) in [6.07, 6.45) is 0. The van der Waals surface area contributed by atoms with Crippen molar-refractivity contribution >= 4 is 38.6 Å². The Morgan fingerprint density at radius 1 is 0.288 bits per heavy atom. The lowest BCUT2D eigenvalue weighted by Crippen LogP contribution is -2.25. The van der Waals surface area contributed by atoms with Gasteiger partial charge in [0, 0.05) is 17.1 Å². The molecular weight excluding hydrogens is 627 g/mol. The zero-order valence-corrected chi connectivity index (χ0v) is 28.5. The maximum atomic E-state index is 2.49. The van der Waals surface area contributed by atoms with E-state index in [2.05, 4.69) is 205 Å². The Morgan fingerprint density at radius 3 is 1.54 bits per heavy atom. The van der Waals surface area contributed by atoms with Crippen molar-refractivity contribution in [3.8, 4) is 33.4 Å². The molecule has 0 aliphatic heterocycles. The first-order valence-electron chi connectivity index (χ1n) is 18.1. The second kappa shape index (κ2) is 11.2. The van der Waals surface area contributed by atoms with Gasteiger partial charge in [-0.3, -0.25) is 0 Å². The molecule has 0 amide bonds. The Bertz CT molecular complexity index is 2800. The van der Waals surface area contributed by atoms with E-state index in [1.807, 2.05) is 0 Å². The van der Waals surface area contributed by atoms with Gasteiger partial charge >= 0.3 is 0 Å². The monoisotopic (exact) mass is 659 g/mol. The number of anilines is 3. The van der Waals surface area contributed by atoms with E-state index in [0.29, 0.717) is 0 Å². The molecule has 0 aromatic heterocycles. The van der Waals surface area contributed by atoms with Crippen molar-refractivity contribution in [3.63, 3.8) is 0 Å². The minimum atomic E-state index is -0.361. The number of nitrogens with zero attached hydrogens (tertiary/aromatic N) is 1. The van der Waals surface area contributed by atoms with Crippen molar-refractivity contribution < 1.29 is 0 Å². The molecule has 242 valence electrons. The zero-order valence-electron chi connectivity index (χ0n) is 28.5. The molecule has 9 aromatic rings.